The second kappa shape index (κ2) is 6.77. The molecule has 1 aromatic carbocycles. The normalized spacial score (nSPS) is 14.9. The summed E-state index contributed by atoms with van der Waals surface area (Å²) in [7, 11) is 0. The van der Waals surface area contributed by atoms with E-state index >= 15 is 0 Å². The van der Waals surface area contributed by atoms with Crippen LogP contribution in [-0.2, 0) is 6.42 Å². The minimum atomic E-state index is -0.290. The smallest absolute Gasteiger partial charge is 0.0586 e. The van der Waals surface area contributed by atoms with Crippen LogP contribution in [0.25, 0.3) is 0 Å². The summed E-state index contributed by atoms with van der Waals surface area (Å²) in [5, 5.41) is 10.1. The van der Waals surface area contributed by atoms with Crippen LogP contribution >= 0.6 is 0 Å². The van der Waals surface area contributed by atoms with E-state index in [9.17, 15) is 5.11 Å². The molecule has 0 bridgehead atoms. The molecule has 0 aliphatic rings. The molecule has 0 fully saturated rings. The lowest BCUT2D eigenvalue weighted by molar-refractivity contribution is 0.0786. The van der Waals surface area contributed by atoms with Gasteiger partial charge in [-0.25, -0.2) is 0 Å². The van der Waals surface area contributed by atoms with Crippen LogP contribution in [0.1, 0.15) is 31.4 Å². The zero-order valence-corrected chi connectivity index (χ0v) is 11.2. The molecule has 0 aromatic heterocycles. The van der Waals surface area contributed by atoms with Crippen molar-refractivity contribution in [2.45, 2.75) is 39.7 Å². The molecular weight excluding hydrogens is 210 g/mol. The minimum Gasteiger partial charge on any atom is -0.393 e. The van der Waals surface area contributed by atoms with Crippen molar-refractivity contribution in [3.63, 3.8) is 0 Å². The molecule has 0 aliphatic carbocycles. The maximum Gasteiger partial charge on any atom is 0.0586 e. The van der Waals surface area contributed by atoms with E-state index in [-0.39, 0.29) is 12.0 Å². The first-order valence-electron chi connectivity index (χ1n) is 6.48. The van der Waals surface area contributed by atoms with Crippen LogP contribution < -0.4 is 5.73 Å². The lowest BCUT2D eigenvalue weighted by Crippen LogP contribution is -2.32. The van der Waals surface area contributed by atoms with Crippen LogP contribution in [0.4, 0.5) is 0 Å². The van der Waals surface area contributed by atoms with Crippen molar-refractivity contribution in [2.75, 3.05) is 6.54 Å². The van der Waals surface area contributed by atoms with E-state index in [1.807, 2.05) is 0 Å². The highest BCUT2D eigenvalue weighted by Crippen LogP contribution is 2.18. The van der Waals surface area contributed by atoms with Gasteiger partial charge in [-0.3, -0.25) is 0 Å². The summed E-state index contributed by atoms with van der Waals surface area (Å²) in [5.74, 6) is 0.647. The number of hydrogen-bond donors (Lipinski definition) is 2. The molecule has 2 atom stereocenters. The Balaban J connectivity index is 2.47. The number of rotatable bonds is 6. The molecule has 0 saturated carbocycles. The molecule has 1 rings (SSSR count). The third-order valence-corrected chi connectivity index (χ3v) is 3.47. The van der Waals surface area contributed by atoms with Gasteiger partial charge in [0.1, 0.15) is 0 Å². The SMILES string of the molecule is Cc1ccc(CCC(O)C(CN)C(C)C)cc1. The van der Waals surface area contributed by atoms with E-state index in [2.05, 4.69) is 45.0 Å². The molecule has 0 spiro atoms. The first kappa shape index (κ1) is 14.2. The lowest BCUT2D eigenvalue weighted by Gasteiger charge is -2.24. The van der Waals surface area contributed by atoms with Gasteiger partial charge in [0.2, 0.25) is 0 Å². The number of hydrogen-bond acceptors (Lipinski definition) is 2. The third-order valence-electron chi connectivity index (χ3n) is 3.47. The average Bonchev–Trinajstić information content (AvgIpc) is 2.28. The van der Waals surface area contributed by atoms with Gasteiger partial charge in [0.25, 0.3) is 0 Å². The van der Waals surface area contributed by atoms with Crippen LogP contribution in [0, 0.1) is 18.8 Å². The number of aliphatic hydroxyl groups excluding tert-OH is 1. The van der Waals surface area contributed by atoms with Crippen LogP contribution in [0.15, 0.2) is 24.3 Å². The molecule has 0 amide bonds. The van der Waals surface area contributed by atoms with Gasteiger partial charge >= 0.3 is 0 Å². The molecule has 17 heavy (non-hydrogen) atoms. The van der Waals surface area contributed by atoms with E-state index < -0.39 is 0 Å². The highest BCUT2D eigenvalue weighted by atomic mass is 16.3. The standard InChI is InChI=1S/C15H25NO/c1-11(2)14(10-16)15(17)9-8-13-6-4-12(3)5-7-13/h4-7,11,14-15,17H,8-10,16H2,1-3H3. The topological polar surface area (TPSA) is 46.2 Å². The Morgan fingerprint density at radius 1 is 1.18 bits per heavy atom. The van der Waals surface area contributed by atoms with Crippen molar-refractivity contribution >= 4 is 0 Å². The van der Waals surface area contributed by atoms with Crippen LogP contribution in [0.3, 0.4) is 0 Å². The Hall–Kier alpha value is -0.860. The fourth-order valence-corrected chi connectivity index (χ4v) is 2.16. The number of benzene rings is 1. The molecule has 2 nitrogen and oxygen atoms in total. The van der Waals surface area contributed by atoms with Crippen LogP contribution in [-0.4, -0.2) is 17.8 Å². The molecule has 0 aliphatic heterocycles. The molecule has 0 heterocycles. The Morgan fingerprint density at radius 2 is 1.76 bits per heavy atom. The maximum absolute atomic E-state index is 10.1. The average molecular weight is 235 g/mol. The lowest BCUT2D eigenvalue weighted by atomic mass is 9.87. The number of nitrogens with two attached hydrogens (primary N) is 1. The second-order valence-corrected chi connectivity index (χ2v) is 5.24. The van der Waals surface area contributed by atoms with Crippen LogP contribution in [0.2, 0.25) is 0 Å². The van der Waals surface area contributed by atoms with Gasteiger partial charge in [0.15, 0.2) is 0 Å². The van der Waals surface area contributed by atoms with E-state index in [4.69, 9.17) is 5.73 Å². The zero-order valence-electron chi connectivity index (χ0n) is 11.2. The minimum absolute atomic E-state index is 0.209. The highest BCUT2D eigenvalue weighted by Gasteiger charge is 2.20. The van der Waals surface area contributed by atoms with Crippen molar-refractivity contribution in [1.82, 2.24) is 0 Å². The van der Waals surface area contributed by atoms with Gasteiger partial charge in [0, 0.05) is 0 Å². The Labute approximate surface area is 105 Å². The molecule has 2 unspecified atom stereocenters. The van der Waals surface area contributed by atoms with Gasteiger partial charge in [-0.05, 0) is 43.7 Å². The molecule has 1 aromatic rings. The number of aryl methyl sites for hydroxylation is 2. The summed E-state index contributed by atoms with van der Waals surface area (Å²) < 4.78 is 0. The van der Waals surface area contributed by atoms with E-state index in [0.29, 0.717) is 12.5 Å². The van der Waals surface area contributed by atoms with E-state index in [0.717, 1.165) is 12.8 Å². The molecule has 0 radical (unpaired) electrons. The Bertz CT molecular complexity index is 318. The fraction of sp³-hybridized carbons (Fsp3) is 0.600. The van der Waals surface area contributed by atoms with Gasteiger partial charge in [-0.2, -0.15) is 0 Å². The fourth-order valence-electron chi connectivity index (χ4n) is 2.16. The summed E-state index contributed by atoms with van der Waals surface area (Å²) in [6.45, 7) is 6.88. The second-order valence-electron chi connectivity index (χ2n) is 5.24. The van der Waals surface area contributed by atoms with Crippen LogP contribution in [0.5, 0.6) is 0 Å². The van der Waals surface area contributed by atoms with Gasteiger partial charge < -0.3 is 10.8 Å². The van der Waals surface area contributed by atoms with Crippen molar-refractivity contribution < 1.29 is 5.11 Å². The summed E-state index contributed by atoms with van der Waals surface area (Å²) in [6, 6.07) is 8.50. The zero-order chi connectivity index (χ0) is 12.8. The Morgan fingerprint density at radius 3 is 2.24 bits per heavy atom. The predicted octanol–water partition coefficient (Wildman–Crippen LogP) is 2.52. The van der Waals surface area contributed by atoms with Gasteiger partial charge in [-0.15, -0.1) is 0 Å². The van der Waals surface area contributed by atoms with Gasteiger partial charge in [-0.1, -0.05) is 43.7 Å². The van der Waals surface area contributed by atoms with E-state index in [1.54, 1.807) is 0 Å². The van der Waals surface area contributed by atoms with Crippen molar-refractivity contribution in [2.24, 2.45) is 17.6 Å². The maximum atomic E-state index is 10.1. The van der Waals surface area contributed by atoms with Gasteiger partial charge in [0.05, 0.1) is 6.10 Å². The molecule has 3 N–H and O–H groups in total. The van der Waals surface area contributed by atoms with Crippen molar-refractivity contribution in [1.29, 1.82) is 0 Å². The molecular formula is C15H25NO. The number of aliphatic hydroxyl groups is 1. The molecule has 2 heteroatoms. The summed E-state index contributed by atoms with van der Waals surface area (Å²) in [6.07, 6.45) is 1.43. The monoisotopic (exact) mass is 235 g/mol. The Kier molecular flexibility index (Phi) is 5.66. The first-order valence-corrected chi connectivity index (χ1v) is 6.48. The quantitative estimate of drug-likeness (QED) is 0.796. The third kappa shape index (κ3) is 4.49. The van der Waals surface area contributed by atoms with Crippen molar-refractivity contribution in [3.05, 3.63) is 35.4 Å². The van der Waals surface area contributed by atoms with Crippen molar-refractivity contribution in [3.8, 4) is 0 Å². The first-order chi connectivity index (χ1) is 8.04. The summed E-state index contributed by atoms with van der Waals surface area (Å²) >= 11 is 0. The van der Waals surface area contributed by atoms with E-state index in [1.165, 1.54) is 11.1 Å². The summed E-state index contributed by atoms with van der Waals surface area (Å²) in [4.78, 5) is 0. The highest BCUT2D eigenvalue weighted by molar-refractivity contribution is 5.21. The molecule has 96 valence electrons. The summed E-state index contributed by atoms with van der Waals surface area (Å²) in [5.41, 5.74) is 8.26. The predicted molar refractivity (Wildman–Crippen MR) is 72.9 cm³/mol. The largest absolute Gasteiger partial charge is 0.393 e. The molecule has 0 saturated heterocycles.